The number of morpholine rings is 1. The second-order valence-electron chi connectivity index (χ2n) is 9.07. The number of hydrogen-bond acceptors (Lipinski definition) is 6. The molecule has 2 atom stereocenters. The van der Waals surface area contributed by atoms with Gasteiger partial charge in [-0.05, 0) is 68.4 Å². The molecule has 3 aromatic carbocycles. The lowest BCUT2D eigenvalue weighted by Gasteiger charge is -2.35. The van der Waals surface area contributed by atoms with Gasteiger partial charge in [0.15, 0.2) is 0 Å². The maximum Gasteiger partial charge on any atom is 0.261 e. The number of nitrogens with one attached hydrogen (secondary N) is 2. The molecule has 1 aliphatic heterocycles. The van der Waals surface area contributed by atoms with Gasteiger partial charge in [-0.2, -0.15) is 0 Å². The zero-order valence-corrected chi connectivity index (χ0v) is 23.3. The molecule has 1 fully saturated rings. The summed E-state index contributed by atoms with van der Waals surface area (Å²) in [6, 6.07) is 17.3. The summed E-state index contributed by atoms with van der Waals surface area (Å²) < 4.78 is 40.2. The Balaban J connectivity index is 1.42. The van der Waals surface area contributed by atoms with E-state index in [0.29, 0.717) is 34.6 Å². The average molecular weight is 579 g/mol. The molecule has 202 valence electrons. The Hall–Kier alpha value is -2.82. The molecule has 8 nitrogen and oxygen atoms in total. The third-order valence-corrected chi connectivity index (χ3v) is 7.81. The molecule has 3 aromatic rings. The van der Waals surface area contributed by atoms with Crippen molar-refractivity contribution in [3.8, 4) is 11.5 Å². The van der Waals surface area contributed by atoms with Gasteiger partial charge in [-0.15, -0.1) is 0 Å². The lowest BCUT2D eigenvalue weighted by Crippen LogP contribution is -2.47. The van der Waals surface area contributed by atoms with E-state index in [1.54, 1.807) is 24.3 Å². The third-order valence-electron chi connectivity index (χ3n) is 5.88. The Kier molecular flexibility index (Phi) is 9.17. The number of anilines is 1. The monoisotopic (exact) mass is 577 g/mol. The number of rotatable bonds is 9. The van der Waals surface area contributed by atoms with Crippen LogP contribution in [0.4, 0.5) is 5.69 Å². The van der Waals surface area contributed by atoms with E-state index >= 15 is 0 Å². The first kappa shape index (κ1) is 28.2. The zero-order chi connectivity index (χ0) is 27.3. The van der Waals surface area contributed by atoms with E-state index in [9.17, 15) is 13.2 Å². The van der Waals surface area contributed by atoms with Crippen molar-refractivity contribution in [2.45, 2.75) is 31.0 Å². The van der Waals surface area contributed by atoms with Gasteiger partial charge >= 0.3 is 0 Å². The Labute approximate surface area is 232 Å². The van der Waals surface area contributed by atoms with Gasteiger partial charge in [-0.3, -0.25) is 14.4 Å². The van der Waals surface area contributed by atoms with E-state index < -0.39 is 15.9 Å². The highest BCUT2D eigenvalue weighted by molar-refractivity contribution is 7.92. The molecular formula is C27H29Cl2N3O5S. The highest BCUT2D eigenvalue weighted by atomic mass is 35.5. The normalized spacial score (nSPS) is 18.1. The molecule has 1 saturated heterocycles. The number of para-hydroxylation sites is 1. The molecule has 0 unspecified atom stereocenters. The van der Waals surface area contributed by atoms with Crippen LogP contribution in [-0.2, 0) is 14.8 Å². The standard InChI is InChI=1S/C27H29Cl2N3O5S/c1-18-16-32(17-19(2)36-18)14-13-30-27(33)23-15-20(28)7-12-25(23)31-38(34,35)22-10-8-21(9-11-22)37-26-6-4-3-5-24(26)29/h3-12,15,18-19,31H,13-14,16-17H2,1-2H3,(H,30,33)/t18-,19+. The van der Waals surface area contributed by atoms with E-state index in [-0.39, 0.29) is 28.4 Å². The van der Waals surface area contributed by atoms with Crippen molar-refractivity contribution in [3.63, 3.8) is 0 Å². The molecule has 0 aliphatic carbocycles. The van der Waals surface area contributed by atoms with Crippen LogP contribution in [0, 0.1) is 0 Å². The summed E-state index contributed by atoms with van der Waals surface area (Å²) in [6.07, 6.45) is 0.250. The topological polar surface area (TPSA) is 97.0 Å². The molecule has 1 amide bonds. The molecule has 11 heteroatoms. The van der Waals surface area contributed by atoms with Crippen molar-refractivity contribution < 1.29 is 22.7 Å². The molecule has 0 saturated carbocycles. The van der Waals surface area contributed by atoms with Gasteiger partial charge in [0.1, 0.15) is 11.5 Å². The molecule has 1 aliphatic rings. The Morgan fingerprint density at radius 3 is 2.39 bits per heavy atom. The number of nitrogens with zero attached hydrogens (tertiary/aromatic N) is 1. The summed E-state index contributed by atoms with van der Waals surface area (Å²) in [6.45, 7) is 6.64. The lowest BCUT2D eigenvalue weighted by atomic mass is 10.1. The summed E-state index contributed by atoms with van der Waals surface area (Å²) in [5.41, 5.74) is 0.250. The van der Waals surface area contributed by atoms with Crippen LogP contribution in [0.15, 0.2) is 71.6 Å². The maximum absolute atomic E-state index is 13.1. The number of hydrogen-bond donors (Lipinski definition) is 2. The minimum absolute atomic E-state index is 0.000809. The van der Waals surface area contributed by atoms with Crippen molar-refractivity contribution in [1.82, 2.24) is 10.2 Å². The molecule has 0 spiro atoms. The fraction of sp³-hybridized carbons (Fsp3) is 0.296. The Morgan fingerprint density at radius 1 is 1.03 bits per heavy atom. The molecular weight excluding hydrogens is 549 g/mol. The lowest BCUT2D eigenvalue weighted by molar-refractivity contribution is -0.0672. The first-order valence-corrected chi connectivity index (χ1v) is 14.4. The van der Waals surface area contributed by atoms with Crippen LogP contribution in [-0.4, -0.2) is 57.6 Å². The highest BCUT2D eigenvalue weighted by Gasteiger charge is 2.23. The number of halogens is 2. The largest absolute Gasteiger partial charge is 0.456 e. The van der Waals surface area contributed by atoms with Crippen LogP contribution in [0.1, 0.15) is 24.2 Å². The van der Waals surface area contributed by atoms with Crippen LogP contribution in [0.2, 0.25) is 10.0 Å². The summed E-state index contributed by atoms with van der Waals surface area (Å²) in [5.74, 6) is 0.452. The second kappa shape index (κ2) is 12.4. The van der Waals surface area contributed by atoms with Crippen molar-refractivity contribution in [2.75, 3.05) is 30.9 Å². The minimum atomic E-state index is -4.01. The number of benzene rings is 3. The first-order valence-electron chi connectivity index (χ1n) is 12.1. The van der Waals surface area contributed by atoms with Gasteiger partial charge < -0.3 is 14.8 Å². The minimum Gasteiger partial charge on any atom is -0.456 e. The molecule has 2 N–H and O–H groups in total. The number of sulfonamides is 1. The fourth-order valence-corrected chi connectivity index (χ4v) is 5.65. The van der Waals surface area contributed by atoms with Gasteiger partial charge in [0.2, 0.25) is 0 Å². The highest BCUT2D eigenvalue weighted by Crippen LogP contribution is 2.30. The predicted octanol–water partition coefficient (Wildman–Crippen LogP) is 5.43. The summed E-state index contributed by atoms with van der Waals surface area (Å²) in [7, 11) is -4.01. The molecule has 0 aromatic heterocycles. The number of carbonyl (C=O) groups is 1. The number of ether oxygens (including phenoxy) is 2. The van der Waals surface area contributed by atoms with Crippen LogP contribution in [0.25, 0.3) is 0 Å². The van der Waals surface area contributed by atoms with Crippen LogP contribution >= 0.6 is 23.2 Å². The van der Waals surface area contributed by atoms with Crippen LogP contribution in [0.5, 0.6) is 11.5 Å². The maximum atomic E-state index is 13.1. The van der Waals surface area contributed by atoms with E-state index in [1.807, 2.05) is 13.8 Å². The van der Waals surface area contributed by atoms with Gasteiger partial charge in [0, 0.05) is 31.2 Å². The van der Waals surface area contributed by atoms with E-state index in [0.717, 1.165) is 13.1 Å². The Morgan fingerprint density at radius 2 is 1.71 bits per heavy atom. The molecule has 38 heavy (non-hydrogen) atoms. The molecule has 1 heterocycles. The molecule has 4 rings (SSSR count). The summed E-state index contributed by atoms with van der Waals surface area (Å²) in [4.78, 5) is 15.2. The van der Waals surface area contributed by atoms with Crippen LogP contribution in [0.3, 0.4) is 0 Å². The SMILES string of the molecule is C[C@@H]1CN(CCNC(=O)c2cc(Cl)ccc2NS(=O)(=O)c2ccc(Oc3ccccc3Cl)cc2)C[C@H](C)O1. The van der Waals surface area contributed by atoms with Gasteiger partial charge in [0.05, 0.1) is 33.4 Å². The van der Waals surface area contributed by atoms with Crippen molar-refractivity contribution >= 4 is 44.8 Å². The first-order chi connectivity index (χ1) is 18.1. The van der Waals surface area contributed by atoms with Crippen molar-refractivity contribution in [2.24, 2.45) is 0 Å². The quantitative estimate of drug-likeness (QED) is 0.352. The van der Waals surface area contributed by atoms with E-state index in [4.69, 9.17) is 32.7 Å². The molecule has 0 radical (unpaired) electrons. The van der Waals surface area contributed by atoms with Gasteiger partial charge in [-0.1, -0.05) is 35.3 Å². The zero-order valence-electron chi connectivity index (χ0n) is 21.0. The summed E-state index contributed by atoms with van der Waals surface area (Å²) >= 11 is 12.3. The third kappa shape index (κ3) is 7.39. The van der Waals surface area contributed by atoms with Gasteiger partial charge in [0.25, 0.3) is 15.9 Å². The number of carbonyl (C=O) groups excluding carboxylic acids is 1. The average Bonchev–Trinajstić information content (AvgIpc) is 2.86. The van der Waals surface area contributed by atoms with Gasteiger partial charge in [-0.25, -0.2) is 8.42 Å². The summed E-state index contributed by atoms with van der Waals surface area (Å²) in [5, 5.41) is 3.62. The van der Waals surface area contributed by atoms with Crippen molar-refractivity contribution in [3.05, 3.63) is 82.3 Å². The fourth-order valence-electron chi connectivity index (χ4n) is 4.23. The van der Waals surface area contributed by atoms with Crippen molar-refractivity contribution in [1.29, 1.82) is 0 Å². The Bertz CT molecular complexity index is 1380. The second-order valence-corrected chi connectivity index (χ2v) is 11.6. The van der Waals surface area contributed by atoms with Crippen LogP contribution < -0.4 is 14.8 Å². The predicted molar refractivity (Wildman–Crippen MR) is 149 cm³/mol. The van der Waals surface area contributed by atoms with E-state index in [1.165, 1.54) is 42.5 Å². The number of amides is 1. The van der Waals surface area contributed by atoms with E-state index in [2.05, 4.69) is 14.9 Å². The molecule has 0 bridgehead atoms. The smallest absolute Gasteiger partial charge is 0.261 e.